The van der Waals surface area contributed by atoms with Crippen molar-refractivity contribution in [2.45, 2.75) is 46.1 Å². The molecule has 0 radical (unpaired) electrons. The second-order valence-electron chi connectivity index (χ2n) is 7.31. The number of furan rings is 1. The highest BCUT2D eigenvalue weighted by Crippen LogP contribution is 2.35. The topological polar surface area (TPSA) is 75.7 Å². The Morgan fingerprint density at radius 2 is 2.19 bits per heavy atom. The summed E-state index contributed by atoms with van der Waals surface area (Å²) in [6.07, 6.45) is 4.54. The Hall–Kier alpha value is -2.83. The van der Waals surface area contributed by atoms with Crippen LogP contribution in [0.4, 0.5) is 10.5 Å². The van der Waals surface area contributed by atoms with Crippen LogP contribution in [0.15, 0.2) is 34.9 Å². The van der Waals surface area contributed by atoms with Gasteiger partial charge in [-0.25, -0.2) is 14.3 Å². The van der Waals surface area contributed by atoms with E-state index in [2.05, 4.69) is 29.2 Å². The molecule has 2 amide bonds. The first-order chi connectivity index (χ1) is 13.0. The van der Waals surface area contributed by atoms with Gasteiger partial charge in [0, 0.05) is 13.0 Å². The molecule has 4 heterocycles. The molecule has 7 nitrogen and oxygen atoms in total. The van der Waals surface area contributed by atoms with E-state index in [1.54, 1.807) is 10.7 Å². The fourth-order valence-electron chi connectivity index (χ4n) is 3.68. The third kappa shape index (κ3) is 3.54. The monoisotopic (exact) mass is 367 g/mol. The van der Waals surface area contributed by atoms with Crippen LogP contribution in [0.2, 0.25) is 0 Å². The highest BCUT2D eigenvalue weighted by atomic mass is 16.3. The number of hydrogen-bond donors (Lipinski definition) is 1. The van der Waals surface area contributed by atoms with Crippen molar-refractivity contribution in [2.24, 2.45) is 5.92 Å². The number of carbonyl (C=O) groups is 1. The smallest absolute Gasteiger partial charge is 0.322 e. The molecule has 0 saturated carbocycles. The molecule has 2 atom stereocenters. The molecule has 7 heteroatoms. The maximum Gasteiger partial charge on any atom is 0.322 e. The predicted molar refractivity (Wildman–Crippen MR) is 103 cm³/mol. The third-order valence-electron chi connectivity index (χ3n) is 5.17. The lowest BCUT2D eigenvalue weighted by Crippen LogP contribution is -2.42. The Morgan fingerprint density at radius 3 is 2.96 bits per heavy atom. The number of fused-ring (bicyclic) bond motifs is 1. The fourth-order valence-corrected chi connectivity index (χ4v) is 3.68. The van der Waals surface area contributed by atoms with Gasteiger partial charge in [-0.3, -0.25) is 0 Å². The van der Waals surface area contributed by atoms with E-state index in [0.29, 0.717) is 24.0 Å². The van der Waals surface area contributed by atoms with Crippen LogP contribution in [-0.2, 0) is 6.42 Å². The number of urea groups is 1. The Labute approximate surface area is 158 Å². The van der Waals surface area contributed by atoms with Crippen LogP contribution in [0.3, 0.4) is 0 Å². The van der Waals surface area contributed by atoms with Gasteiger partial charge in [-0.1, -0.05) is 13.8 Å². The summed E-state index contributed by atoms with van der Waals surface area (Å²) >= 11 is 0. The molecule has 2 unspecified atom stereocenters. The summed E-state index contributed by atoms with van der Waals surface area (Å²) in [5, 5.41) is 7.31. The van der Waals surface area contributed by atoms with Gasteiger partial charge in [-0.05, 0) is 49.9 Å². The molecule has 4 rings (SSSR count). The summed E-state index contributed by atoms with van der Waals surface area (Å²) in [7, 11) is 0. The zero-order chi connectivity index (χ0) is 19.0. The molecular weight excluding hydrogens is 342 g/mol. The number of aromatic nitrogens is 3. The Morgan fingerprint density at radius 1 is 1.33 bits per heavy atom. The van der Waals surface area contributed by atoms with Crippen molar-refractivity contribution < 1.29 is 9.21 Å². The number of nitrogens with one attached hydrogen (secondary N) is 1. The molecule has 0 aromatic carbocycles. The SMILES string of the molecule is CCc1ccc(C2CC(C)CCN2C(=O)Nc2ccc3nc(C)nn3c2)o1. The highest BCUT2D eigenvalue weighted by molar-refractivity contribution is 5.89. The van der Waals surface area contributed by atoms with Gasteiger partial charge >= 0.3 is 6.03 Å². The molecule has 1 saturated heterocycles. The van der Waals surface area contributed by atoms with E-state index < -0.39 is 0 Å². The molecule has 3 aromatic rings. The molecular formula is C20H25N5O2. The molecule has 0 spiro atoms. The summed E-state index contributed by atoms with van der Waals surface area (Å²) in [5.74, 6) is 3.09. The average molecular weight is 367 g/mol. The summed E-state index contributed by atoms with van der Waals surface area (Å²) in [6.45, 7) is 6.86. The quantitative estimate of drug-likeness (QED) is 0.753. The Balaban J connectivity index is 1.55. The summed E-state index contributed by atoms with van der Waals surface area (Å²) in [4.78, 5) is 19.2. The number of rotatable bonds is 3. The van der Waals surface area contributed by atoms with E-state index in [1.807, 2.05) is 36.1 Å². The zero-order valence-electron chi connectivity index (χ0n) is 16.0. The Bertz CT molecular complexity index is 960. The number of hydrogen-bond acceptors (Lipinski definition) is 4. The summed E-state index contributed by atoms with van der Waals surface area (Å²) in [6, 6.07) is 7.57. The number of piperidine rings is 1. The molecule has 0 bridgehead atoms. The molecule has 0 aliphatic carbocycles. The molecule has 1 fully saturated rings. The van der Waals surface area contributed by atoms with E-state index in [0.717, 1.165) is 36.4 Å². The van der Waals surface area contributed by atoms with Gasteiger partial charge in [0.15, 0.2) is 5.65 Å². The van der Waals surface area contributed by atoms with Gasteiger partial charge in [0.25, 0.3) is 0 Å². The lowest BCUT2D eigenvalue weighted by Gasteiger charge is -2.37. The second-order valence-corrected chi connectivity index (χ2v) is 7.31. The van der Waals surface area contributed by atoms with Gasteiger partial charge in [0.1, 0.15) is 17.3 Å². The minimum atomic E-state index is -0.113. The number of nitrogens with zero attached hydrogens (tertiary/aromatic N) is 4. The number of anilines is 1. The van der Waals surface area contributed by atoms with E-state index in [1.165, 1.54) is 0 Å². The number of likely N-dealkylation sites (tertiary alicyclic amines) is 1. The minimum absolute atomic E-state index is 0.0357. The van der Waals surface area contributed by atoms with Crippen LogP contribution in [0.25, 0.3) is 5.65 Å². The van der Waals surface area contributed by atoms with Crippen LogP contribution < -0.4 is 5.32 Å². The zero-order valence-corrected chi connectivity index (χ0v) is 16.0. The third-order valence-corrected chi connectivity index (χ3v) is 5.17. The summed E-state index contributed by atoms with van der Waals surface area (Å²) in [5.41, 5.74) is 1.46. The highest BCUT2D eigenvalue weighted by Gasteiger charge is 2.33. The first-order valence-electron chi connectivity index (χ1n) is 9.52. The maximum absolute atomic E-state index is 13.0. The van der Waals surface area contributed by atoms with Crippen molar-refractivity contribution in [2.75, 3.05) is 11.9 Å². The van der Waals surface area contributed by atoms with Crippen molar-refractivity contribution in [1.29, 1.82) is 0 Å². The van der Waals surface area contributed by atoms with Crippen LogP contribution >= 0.6 is 0 Å². The van der Waals surface area contributed by atoms with E-state index in [4.69, 9.17) is 4.42 Å². The Kier molecular flexibility index (Phi) is 4.59. The normalized spacial score (nSPS) is 20.2. The fraction of sp³-hybridized carbons (Fsp3) is 0.450. The number of aryl methyl sites for hydroxylation is 2. The van der Waals surface area contributed by atoms with Crippen molar-refractivity contribution >= 4 is 17.4 Å². The van der Waals surface area contributed by atoms with Gasteiger partial charge in [0.05, 0.1) is 17.9 Å². The second kappa shape index (κ2) is 7.06. The van der Waals surface area contributed by atoms with E-state index >= 15 is 0 Å². The lowest BCUT2D eigenvalue weighted by atomic mass is 9.91. The van der Waals surface area contributed by atoms with Gasteiger partial charge in [0.2, 0.25) is 0 Å². The van der Waals surface area contributed by atoms with E-state index in [9.17, 15) is 4.79 Å². The molecule has 1 N–H and O–H groups in total. The molecule has 3 aromatic heterocycles. The number of carbonyl (C=O) groups excluding carboxylic acids is 1. The van der Waals surface area contributed by atoms with Gasteiger partial charge in [-0.2, -0.15) is 5.10 Å². The maximum atomic E-state index is 13.0. The molecule has 1 aliphatic rings. The van der Waals surface area contributed by atoms with Crippen LogP contribution in [-0.4, -0.2) is 32.1 Å². The van der Waals surface area contributed by atoms with Crippen LogP contribution in [0, 0.1) is 12.8 Å². The van der Waals surface area contributed by atoms with Crippen molar-refractivity contribution in [3.05, 3.63) is 47.8 Å². The number of amides is 2. The first kappa shape index (κ1) is 17.6. The van der Waals surface area contributed by atoms with Crippen molar-refractivity contribution in [1.82, 2.24) is 19.5 Å². The molecule has 27 heavy (non-hydrogen) atoms. The predicted octanol–water partition coefficient (Wildman–Crippen LogP) is 4.20. The summed E-state index contributed by atoms with van der Waals surface area (Å²) < 4.78 is 7.65. The average Bonchev–Trinajstić information content (AvgIpc) is 3.26. The van der Waals surface area contributed by atoms with Crippen LogP contribution in [0.5, 0.6) is 0 Å². The number of pyridine rings is 1. The minimum Gasteiger partial charge on any atom is -0.464 e. The van der Waals surface area contributed by atoms with Gasteiger partial charge < -0.3 is 14.6 Å². The lowest BCUT2D eigenvalue weighted by molar-refractivity contribution is 0.128. The van der Waals surface area contributed by atoms with E-state index in [-0.39, 0.29) is 12.1 Å². The molecule has 1 aliphatic heterocycles. The first-order valence-corrected chi connectivity index (χ1v) is 9.52. The molecule has 142 valence electrons. The van der Waals surface area contributed by atoms with Gasteiger partial charge in [-0.15, -0.1) is 0 Å². The van der Waals surface area contributed by atoms with Crippen molar-refractivity contribution in [3.8, 4) is 0 Å². The van der Waals surface area contributed by atoms with Crippen molar-refractivity contribution in [3.63, 3.8) is 0 Å². The van der Waals surface area contributed by atoms with Crippen LogP contribution in [0.1, 0.15) is 50.1 Å². The largest absolute Gasteiger partial charge is 0.464 e. The standard InChI is InChI=1S/C20H25N5O2/c1-4-16-6-7-18(27-16)17-11-13(2)9-10-24(17)20(26)22-15-5-8-19-21-14(3)23-25(19)12-15/h5-8,12-13,17H,4,9-11H2,1-3H3,(H,22,26).